The number of hydrogen-bond acceptors (Lipinski definition) is 10. The normalized spacial score (nSPS) is 16.9. The van der Waals surface area contributed by atoms with E-state index in [1.807, 2.05) is 6.07 Å². The summed E-state index contributed by atoms with van der Waals surface area (Å²) >= 11 is 0. The van der Waals surface area contributed by atoms with Crippen molar-refractivity contribution in [1.82, 2.24) is 24.9 Å². The molecule has 0 unspecified atom stereocenters. The molecule has 0 amide bonds. The maximum Gasteiger partial charge on any atom is 0.283 e. The first kappa shape index (κ1) is 21.8. The summed E-state index contributed by atoms with van der Waals surface area (Å²) in [5.74, 6) is -1.57. The van der Waals surface area contributed by atoms with Crippen LogP contribution in [0.1, 0.15) is 30.3 Å². The van der Waals surface area contributed by atoms with Crippen molar-refractivity contribution in [1.29, 1.82) is 5.26 Å². The third kappa shape index (κ3) is 3.71. The Morgan fingerprint density at radius 2 is 1.85 bits per heavy atom. The topological polar surface area (TPSA) is 164 Å². The molecule has 6 N–H and O–H groups in total. The molecule has 34 heavy (non-hydrogen) atoms. The van der Waals surface area contributed by atoms with Crippen LogP contribution in [0.3, 0.4) is 0 Å². The number of anilines is 3. The van der Waals surface area contributed by atoms with Crippen molar-refractivity contribution in [3.8, 4) is 6.07 Å². The first-order valence-corrected chi connectivity index (χ1v) is 10.8. The SMILES string of the molecule is N#Cc1c(N)nc(N)nc1N[C@H](c1nc2c(F)ccc(F)c2c(=O)n1N1CCNCC1)C1CC1. The van der Waals surface area contributed by atoms with Crippen LogP contribution in [0.2, 0.25) is 0 Å². The minimum atomic E-state index is -0.844. The molecule has 1 aliphatic heterocycles. The highest BCUT2D eigenvalue weighted by Crippen LogP contribution is 2.43. The van der Waals surface area contributed by atoms with Crippen LogP contribution in [0.15, 0.2) is 16.9 Å². The second kappa shape index (κ2) is 8.38. The van der Waals surface area contributed by atoms with Gasteiger partial charge in [0, 0.05) is 26.2 Å². The van der Waals surface area contributed by atoms with Crippen LogP contribution >= 0.6 is 0 Å². The largest absolute Gasteiger partial charge is 0.382 e. The number of nitrogens with zero attached hydrogens (tertiary/aromatic N) is 6. The molecule has 1 atom stereocenters. The summed E-state index contributed by atoms with van der Waals surface area (Å²) in [7, 11) is 0. The lowest BCUT2D eigenvalue weighted by Gasteiger charge is -2.34. The van der Waals surface area contributed by atoms with Gasteiger partial charge in [-0.05, 0) is 30.9 Å². The Bertz CT molecular complexity index is 1370. The maximum absolute atomic E-state index is 14.7. The van der Waals surface area contributed by atoms with E-state index >= 15 is 0 Å². The van der Waals surface area contributed by atoms with Crippen LogP contribution < -0.4 is 32.7 Å². The van der Waals surface area contributed by atoms with Crippen LogP contribution in [0.25, 0.3) is 10.9 Å². The summed E-state index contributed by atoms with van der Waals surface area (Å²) in [6.07, 6.45) is 1.60. The molecule has 1 saturated carbocycles. The maximum atomic E-state index is 14.7. The van der Waals surface area contributed by atoms with Crippen molar-refractivity contribution in [2.45, 2.75) is 18.9 Å². The van der Waals surface area contributed by atoms with Gasteiger partial charge in [0.05, 0.1) is 6.04 Å². The lowest BCUT2D eigenvalue weighted by molar-refractivity contribution is 0.448. The number of fused-ring (bicyclic) bond motifs is 1. The van der Waals surface area contributed by atoms with Crippen molar-refractivity contribution in [2.75, 3.05) is 48.0 Å². The predicted molar refractivity (Wildman–Crippen MR) is 121 cm³/mol. The molecule has 5 rings (SSSR count). The zero-order chi connectivity index (χ0) is 24.0. The lowest BCUT2D eigenvalue weighted by atomic mass is 10.1. The fourth-order valence-corrected chi connectivity index (χ4v) is 4.23. The first-order chi connectivity index (χ1) is 16.4. The van der Waals surface area contributed by atoms with Gasteiger partial charge >= 0.3 is 0 Å². The van der Waals surface area contributed by atoms with E-state index in [4.69, 9.17) is 11.5 Å². The molecule has 0 bridgehead atoms. The lowest BCUT2D eigenvalue weighted by Crippen LogP contribution is -2.54. The molecule has 2 fully saturated rings. The zero-order valence-electron chi connectivity index (χ0n) is 18.1. The van der Waals surface area contributed by atoms with Crippen molar-refractivity contribution in [3.63, 3.8) is 0 Å². The van der Waals surface area contributed by atoms with Gasteiger partial charge in [-0.15, -0.1) is 0 Å². The molecule has 3 heterocycles. The number of nitrogens with one attached hydrogen (secondary N) is 2. The Hall–Kier alpha value is -4.05. The number of nitrogens with two attached hydrogens (primary N) is 2. The van der Waals surface area contributed by atoms with Crippen LogP contribution in [-0.4, -0.2) is 45.8 Å². The smallest absolute Gasteiger partial charge is 0.283 e. The van der Waals surface area contributed by atoms with E-state index in [1.165, 1.54) is 4.68 Å². The molecule has 1 saturated heterocycles. The molecular formula is C21H22F2N10O. The molecule has 1 aromatic carbocycles. The van der Waals surface area contributed by atoms with E-state index in [0.717, 1.165) is 25.0 Å². The molecular weight excluding hydrogens is 446 g/mol. The summed E-state index contributed by atoms with van der Waals surface area (Å²) in [4.78, 5) is 26.0. The van der Waals surface area contributed by atoms with Gasteiger partial charge in [0.15, 0.2) is 11.6 Å². The predicted octanol–water partition coefficient (Wildman–Crippen LogP) is 0.605. The van der Waals surface area contributed by atoms with Crippen molar-refractivity contribution in [2.24, 2.45) is 5.92 Å². The monoisotopic (exact) mass is 468 g/mol. The Balaban J connectivity index is 1.73. The molecule has 1 aliphatic carbocycles. The highest BCUT2D eigenvalue weighted by Gasteiger charge is 2.38. The molecule has 3 aromatic rings. The molecule has 176 valence electrons. The fourth-order valence-electron chi connectivity index (χ4n) is 4.23. The van der Waals surface area contributed by atoms with Gasteiger partial charge in [0.1, 0.15) is 40.0 Å². The van der Waals surface area contributed by atoms with E-state index in [9.17, 15) is 18.8 Å². The third-order valence-electron chi connectivity index (χ3n) is 6.03. The molecule has 0 radical (unpaired) electrons. The number of benzene rings is 1. The number of hydrogen-bond donors (Lipinski definition) is 4. The van der Waals surface area contributed by atoms with Gasteiger partial charge in [0.2, 0.25) is 5.95 Å². The van der Waals surface area contributed by atoms with Gasteiger partial charge in [-0.1, -0.05) is 0 Å². The van der Waals surface area contributed by atoms with E-state index in [2.05, 4.69) is 25.6 Å². The van der Waals surface area contributed by atoms with Gasteiger partial charge in [-0.3, -0.25) is 4.79 Å². The first-order valence-electron chi connectivity index (χ1n) is 10.8. The van der Waals surface area contributed by atoms with Crippen molar-refractivity contribution < 1.29 is 8.78 Å². The van der Waals surface area contributed by atoms with Gasteiger partial charge in [-0.25, -0.2) is 18.4 Å². The van der Waals surface area contributed by atoms with Crippen molar-refractivity contribution in [3.05, 3.63) is 45.5 Å². The second-order valence-corrected chi connectivity index (χ2v) is 8.31. The second-order valence-electron chi connectivity index (χ2n) is 8.31. The standard InChI is InChI=1S/C21H22F2N10O/c22-12-3-4-13(23)16-14(12)20(34)33(32-7-5-27-6-8-32)19(29-16)15(10-1-2-10)28-18-11(9-24)17(25)30-21(26)31-18/h3-4,10,15,27H,1-2,5-8H2,(H5,25,26,28,30,31)/t15-/m0/s1. The van der Waals surface area contributed by atoms with Gasteiger partial charge < -0.3 is 27.1 Å². The van der Waals surface area contributed by atoms with E-state index in [1.54, 1.807) is 5.01 Å². The van der Waals surface area contributed by atoms with Crippen molar-refractivity contribution >= 4 is 28.5 Å². The van der Waals surface area contributed by atoms with E-state index in [0.29, 0.717) is 26.2 Å². The van der Waals surface area contributed by atoms with Crippen LogP contribution in [-0.2, 0) is 0 Å². The molecule has 2 aromatic heterocycles. The number of nitriles is 1. The Labute approximate surface area is 192 Å². The summed E-state index contributed by atoms with van der Waals surface area (Å²) in [5, 5.41) is 17.3. The number of nitrogen functional groups attached to an aromatic ring is 2. The number of halogens is 2. The quantitative estimate of drug-likeness (QED) is 0.417. The average Bonchev–Trinajstić information content (AvgIpc) is 3.65. The van der Waals surface area contributed by atoms with Crippen LogP contribution in [0.5, 0.6) is 0 Å². The molecule has 0 spiro atoms. The van der Waals surface area contributed by atoms with E-state index in [-0.39, 0.29) is 40.4 Å². The summed E-state index contributed by atoms with van der Waals surface area (Å²) in [5.41, 5.74) is 10.5. The average molecular weight is 468 g/mol. The number of piperazine rings is 1. The Kier molecular flexibility index (Phi) is 5.37. The van der Waals surface area contributed by atoms with Crippen LogP contribution in [0, 0.1) is 28.9 Å². The van der Waals surface area contributed by atoms with Gasteiger partial charge in [-0.2, -0.15) is 15.2 Å². The molecule has 13 heteroatoms. The zero-order valence-corrected chi connectivity index (χ0v) is 18.1. The van der Waals surface area contributed by atoms with Gasteiger partial charge in [0.25, 0.3) is 5.56 Å². The number of aromatic nitrogens is 4. The molecule has 11 nitrogen and oxygen atoms in total. The van der Waals surface area contributed by atoms with Crippen LogP contribution in [0.4, 0.5) is 26.4 Å². The van der Waals surface area contributed by atoms with E-state index < -0.39 is 28.6 Å². The summed E-state index contributed by atoms with van der Waals surface area (Å²) in [6, 6.07) is 3.18. The Morgan fingerprint density at radius 3 is 2.53 bits per heavy atom. The minimum absolute atomic E-state index is 0.00562. The summed E-state index contributed by atoms with van der Waals surface area (Å²) < 4.78 is 30.7. The molecule has 2 aliphatic rings. The highest BCUT2D eigenvalue weighted by molar-refractivity contribution is 5.79. The minimum Gasteiger partial charge on any atom is -0.382 e. The highest BCUT2D eigenvalue weighted by atomic mass is 19.1. The summed E-state index contributed by atoms with van der Waals surface area (Å²) in [6.45, 7) is 2.14. The third-order valence-corrected chi connectivity index (χ3v) is 6.03. The number of rotatable bonds is 5. The Morgan fingerprint density at radius 1 is 1.15 bits per heavy atom. The fraction of sp³-hybridized carbons (Fsp3) is 0.381.